The van der Waals surface area contributed by atoms with E-state index in [2.05, 4.69) is 15.6 Å². The number of amides is 1. The third-order valence-electron chi connectivity index (χ3n) is 4.63. The van der Waals surface area contributed by atoms with Crippen LogP contribution in [0.3, 0.4) is 0 Å². The van der Waals surface area contributed by atoms with Crippen molar-refractivity contribution in [3.63, 3.8) is 0 Å². The van der Waals surface area contributed by atoms with Crippen LogP contribution in [0.5, 0.6) is 0 Å². The van der Waals surface area contributed by atoms with Crippen LogP contribution in [-0.4, -0.2) is 52.1 Å². The van der Waals surface area contributed by atoms with Crippen LogP contribution < -0.4 is 10.6 Å². The van der Waals surface area contributed by atoms with Gasteiger partial charge in [0.15, 0.2) is 0 Å². The molecule has 0 bridgehead atoms. The van der Waals surface area contributed by atoms with Gasteiger partial charge in [-0.05, 0) is 29.8 Å². The van der Waals surface area contributed by atoms with E-state index in [1.165, 1.54) is 12.1 Å². The Kier molecular flexibility index (Phi) is 7.05. The van der Waals surface area contributed by atoms with Crippen LogP contribution in [0.2, 0.25) is 0 Å². The molecule has 1 aromatic carbocycles. The van der Waals surface area contributed by atoms with E-state index in [9.17, 15) is 19.4 Å². The minimum atomic E-state index is -1.14. The first-order valence-electron chi connectivity index (χ1n) is 9.16. The molecule has 4 atom stereocenters. The van der Waals surface area contributed by atoms with E-state index < -0.39 is 24.4 Å². The van der Waals surface area contributed by atoms with Crippen LogP contribution in [0.25, 0.3) is 0 Å². The second-order valence-corrected chi connectivity index (χ2v) is 6.75. The maximum Gasteiger partial charge on any atom is 0.222 e. The van der Waals surface area contributed by atoms with Gasteiger partial charge in [0.1, 0.15) is 18.0 Å². The van der Waals surface area contributed by atoms with Crippen molar-refractivity contribution in [3.8, 4) is 0 Å². The third kappa shape index (κ3) is 5.56. The highest BCUT2D eigenvalue weighted by molar-refractivity contribution is 5.76. The van der Waals surface area contributed by atoms with Gasteiger partial charge in [-0.1, -0.05) is 18.2 Å². The molecule has 8 heteroatoms. The quantitative estimate of drug-likeness (QED) is 0.525. The molecule has 1 aliphatic rings. The maximum atomic E-state index is 12.9. The number of rotatable bonds is 8. The summed E-state index contributed by atoms with van der Waals surface area (Å²) in [6.07, 6.45) is -2.00. The number of hydrogen-bond donors (Lipinski definition) is 4. The zero-order valence-corrected chi connectivity index (χ0v) is 15.3. The summed E-state index contributed by atoms with van der Waals surface area (Å²) in [4.78, 5) is 16.3. The Morgan fingerprint density at radius 1 is 1.07 bits per heavy atom. The molecule has 2 aromatic rings. The summed E-state index contributed by atoms with van der Waals surface area (Å²) in [5, 5.41) is 26.2. The van der Waals surface area contributed by atoms with Gasteiger partial charge in [-0.2, -0.15) is 0 Å². The predicted octanol–water partition coefficient (Wildman–Crippen LogP) is 0.506. The molecule has 0 unspecified atom stereocenters. The van der Waals surface area contributed by atoms with Crippen molar-refractivity contribution in [2.24, 2.45) is 0 Å². The topological polar surface area (TPSA) is 104 Å². The number of aliphatic hydroxyl groups is 2. The molecule has 3 rings (SSSR count). The van der Waals surface area contributed by atoms with Crippen molar-refractivity contribution in [2.75, 3.05) is 6.54 Å². The fourth-order valence-corrected chi connectivity index (χ4v) is 3.07. The molecule has 1 aromatic heterocycles. The van der Waals surface area contributed by atoms with Gasteiger partial charge in [0.25, 0.3) is 0 Å². The Morgan fingerprint density at radius 2 is 1.82 bits per heavy atom. The largest absolute Gasteiger partial charge is 0.388 e. The molecule has 0 radical (unpaired) electrons. The molecule has 28 heavy (non-hydrogen) atoms. The zero-order valence-electron chi connectivity index (χ0n) is 15.3. The van der Waals surface area contributed by atoms with E-state index in [0.717, 1.165) is 11.3 Å². The summed E-state index contributed by atoms with van der Waals surface area (Å²) in [5.41, 5.74) is 1.62. The van der Waals surface area contributed by atoms with Crippen LogP contribution in [-0.2, 0) is 22.6 Å². The van der Waals surface area contributed by atoms with Gasteiger partial charge in [-0.3, -0.25) is 9.78 Å². The number of ether oxygens (including phenoxy) is 1. The fourth-order valence-electron chi connectivity index (χ4n) is 3.07. The van der Waals surface area contributed by atoms with E-state index in [4.69, 9.17) is 4.74 Å². The van der Waals surface area contributed by atoms with Gasteiger partial charge >= 0.3 is 0 Å². The Hall–Kier alpha value is -2.39. The van der Waals surface area contributed by atoms with E-state index in [-0.39, 0.29) is 24.7 Å². The number of hydrogen-bond acceptors (Lipinski definition) is 6. The van der Waals surface area contributed by atoms with Crippen LogP contribution in [0.15, 0.2) is 48.7 Å². The van der Waals surface area contributed by atoms with Crippen molar-refractivity contribution in [1.82, 2.24) is 15.6 Å². The molecule has 7 nitrogen and oxygen atoms in total. The van der Waals surface area contributed by atoms with Crippen LogP contribution >= 0.6 is 0 Å². The van der Waals surface area contributed by atoms with Gasteiger partial charge in [-0.25, -0.2) is 4.39 Å². The van der Waals surface area contributed by atoms with E-state index in [1.807, 2.05) is 18.2 Å². The summed E-state index contributed by atoms with van der Waals surface area (Å²) in [7, 11) is 0. The number of carbonyl (C=O) groups excluding carboxylic acids is 1. The molecule has 4 N–H and O–H groups in total. The first-order chi connectivity index (χ1) is 13.5. The molecule has 1 aliphatic heterocycles. The standard InChI is InChI=1S/C20H24FN3O4/c21-14-6-4-13(5-7-14)10-24-18(25)9-16-19(26)20(27)17(28-16)12-22-11-15-3-1-2-8-23-15/h1-8,16-17,19-20,22,26-27H,9-12H2,(H,24,25)/t16-,17+,19-,20+/m0/s1. The lowest BCUT2D eigenvalue weighted by Gasteiger charge is -2.15. The van der Waals surface area contributed by atoms with Crippen LogP contribution in [0, 0.1) is 5.82 Å². The maximum absolute atomic E-state index is 12.9. The number of carbonyl (C=O) groups is 1. The predicted molar refractivity (Wildman–Crippen MR) is 99.5 cm³/mol. The lowest BCUT2D eigenvalue weighted by atomic mass is 10.1. The monoisotopic (exact) mass is 389 g/mol. The average Bonchev–Trinajstić information content (AvgIpc) is 2.96. The lowest BCUT2D eigenvalue weighted by molar-refractivity contribution is -0.125. The first kappa shape index (κ1) is 20.3. The van der Waals surface area contributed by atoms with Gasteiger partial charge in [0.05, 0.1) is 24.3 Å². The Morgan fingerprint density at radius 3 is 2.54 bits per heavy atom. The highest BCUT2D eigenvalue weighted by atomic mass is 19.1. The number of nitrogens with zero attached hydrogens (tertiary/aromatic N) is 1. The molecule has 1 saturated heterocycles. The highest BCUT2D eigenvalue weighted by Gasteiger charge is 2.42. The number of aliphatic hydroxyl groups excluding tert-OH is 2. The highest BCUT2D eigenvalue weighted by Crippen LogP contribution is 2.23. The number of aromatic nitrogens is 1. The van der Waals surface area contributed by atoms with Crippen LogP contribution in [0.4, 0.5) is 4.39 Å². The number of pyridine rings is 1. The summed E-state index contributed by atoms with van der Waals surface area (Å²) < 4.78 is 18.6. The lowest BCUT2D eigenvalue weighted by Crippen LogP contribution is -2.38. The number of benzene rings is 1. The summed E-state index contributed by atoms with van der Waals surface area (Å²) >= 11 is 0. The van der Waals surface area contributed by atoms with Crippen molar-refractivity contribution in [3.05, 3.63) is 65.7 Å². The molecule has 1 fully saturated rings. The van der Waals surface area contributed by atoms with Gasteiger partial charge < -0.3 is 25.6 Å². The Balaban J connectivity index is 1.42. The smallest absolute Gasteiger partial charge is 0.222 e. The molecule has 0 aliphatic carbocycles. The van der Waals surface area contributed by atoms with E-state index in [0.29, 0.717) is 13.1 Å². The van der Waals surface area contributed by atoms with E-state index in [1.54, 1.807) is 18.3 Å². The normalized spacial score (nSPS) is 24.2. The van der Waals surface area contributed by atoms with Crippen molar-refractivity contribution >= 4 is 5.91 Å². The minimum absolute atomic E-state index is 0.0733. The molecule has 0 saturated carbocycles. The molecule has 0 spiro atoms. The van der Waals surface area contributed by atoms with Crippen molar-refractivity contribution in [2.45, 2.75) is 43.9 Å². The second-order valence-electron chi connectivity index (χ2n) is 6.75. The Bertz CT molecular complexity index is 760. The summed E-state index contributed by atoms with van der Waals surface area (Å²) in [6, 6.07) is 11.4. The zero-order chi connectivity index (χ0) is 19.9. The molecule has 1 amide bonds. The van der Waals surface area contributed by atoms with Crippen molar-refractivity contribution in [1.29, 1.82) is 0 Å². The molecular formula is C20H24FN3O4. The molecule has 2 heterocycles. The summed E-state index contributed by atoms with van der Waals surface area (Å²) in [5.74, 6) is -0.656. The van der Waals surface area contributed by atoms with Crippen molar-refractivity contribution < 1.29 is 24.1 Å². The minimum Gasteiger partial charge on any atom is -0.388 e. The van der Waals surface area contributed by atoms with Gasteiger partial charge in [0, 0.05) is 25.8 Å². The average molecular weight is 389 g/mol. The van der Waals surface area contributed by atoms with E-state index >= 15 is 0 Å². The number of halogens is 1. The fraction of sp³-hybridized carbons (Fsp3) is 0.400. The SMILES string of the molecule is O=C(C[C@@H]1O[C@H](CNCc2ccccn2)[C@@H](O)[C@H]1O)NCc1ccc(F)cc1. The molecular weight excluding hydrogens is 365 g/mol. The third-order valence-corrected chi connectivity index (χ3v) is 4.63. The Labute approximate surface area is 162 Å². The van der Waals surface area contributed by atoms with Crippen LogP contribution in [0.1, 0.15) is 17.7 Å². The van der Waals surface area contributed by atoms with Gasteiger partial charge in [0.2, 0.25) is 5.91 Å². The van der Waals surface area contributed by atoms with Gasteiger partial charge in [-0.15, -0.1) is 0 Å². The molecule has 150 valence electrons. The summed E-state index contributed by atoms with van der Waals surface area (Å²) in [6.45, 7) is 1.08. The first-order valence-corrected chi connectivity index (χ1v) is 9.16. The number of nitrogens with one attached hydrogen (secondary N) is 2. The second kappa shape index (κ2) is 9.70.